The van der Waals surface area contributed by atoms with Crippen molar-refractivity contribution in [1.82, 2.24) is 0 Å². The summed E-state index contributed by atoms with van der Waals surface area (Å²) in [6.07, 6.45) is 1.97. The molecule has 0 spiro atoms. The molecular formula is C16H17ClN2S4. The molecule has 1 aliphatic rings. The summed E-state index contributed by atoms with van der Waals surface area (Å²) in [6.45, 7) is 4.37. The van der Waals surface area contributed by atoms with Crippen molar-refractivity contribution >= 4 is 63.0 Å². The predicted molar refractivity (Wildman–Crippen MR) is 109 cm³/mol. The van der Waals surface area contributed by atoms with Gasteiger partial charge in [0.05, 0.1) is 10.6 Å². The summed E-state index contributed by atoms with van der Waals surface area (Å²) in [5, 5.41) is 14.4. The molecule has 0 atom stereocenters. The second-order valence-corrected chi connectivity index (χ2v) is 9.53. The first-order valence-electron chi connectivity index (χ1n) is 7.17. The number of thiocyanates is 1. The van der Waals surface area contributed by atoms with Gasteiger partial charge in [-0.25, -0.2) is 0 Å². The number of nitrogens with zero attached hydrogens (tertiary/aromatic N) is 2. The second kappa shape index (κ2) is 9.33. The number of hydrogen-bond donors (Lipinski definition) is 0. The van der Waals surface area contributed by atoms with E-state index in [9.17, 15) is 0 Å². The molecule has 0 amide bonds. The second-order valence-electron chi connectivity index (χ2n) is 4.77. The highest BCUT2D eigenvalue weighted by Gasteiger charge is 2.37. The lowest BCUT2D eigenvalue weighted by Gasteiger charge is -2.23. The summed E-state index contributed by atoms with van der Waals surface area (Å²) >= 11 is 12.3. The fraction of sp³-hybridized carbons (Fsp3) is 0.375. The van der Waals surface area contributed by atoms with Gasteiger partial charge in [-0.1, -0.05) is 60.7 Å². The van der Waals surface area contributed by atoms with Crippen LogP contribution in [0.4, 0.5) is 0 Å². The van der Waals surface area contributed by atoms with Gasteiger partial charge in [-0.05, 0) is 54.3 Å². The molecule has 0 aliphatic carbocycles. The molecule has 122 valence electrons. The first kappa shape index (κ1) is 19.1. The fourth-order valence-electron chi connectivity index (χ4n) is 2.13. The van der Waals surface area contributed by atoms with E-state index in [0.29, 0.717) is 0 Å². The number of benzene rings is 1. The Hall–Kier alpha value is -0.190. The van der Waals surface area contributed by atoms with Crippen molar-refractivity contribution in [2.45, 2.75) is 37.1 Å². The number of aliphatic imine (C=N–C) groups is 1. The van der Waals surface area contributed by atoms with E-state index in [1.807, 2.05) is 24.3 Å². The molecular weight excluding hydrogens is 384 g/mol. The zero-order valence-corrected chi connectivity index (χ0v) is 16.9. The smallest absolute Gasteiger partial charge is 0.134 e. The SMILES string of the molecule is CCC1(CC)N=C(SCSC#N)SC1=CSc1ccc(Cl)cc1. The topological polar surface area (TPSA) is 36.1 Å². The van der Waals surface area contributed by atoms with Gasteiger partial charge in [0.15, 0.2) is 0 Å². The third-order valence-corrected chi connectivity index (χ3v) is 7.85. The van der Waals surface area contributed by atoms with Crippen LogP contribution >= 0.6 is 58.6 Å². The summed E-state index contributed by atoms with van der Waals surface area (Å²) in [6, 6.07) is 7.88. The molecule has 0 unspecified atom stereocenters. The minimum absolute atomic E-state index is 0.107. The molecule has 2 nitrogen and oxygen atoms in total. The Morgan fingerprint density at radius 1 is 1.30 bits per heavy atom. The lowest BCUT2D eigenvalue weighted by molar-refractivity contribution is 0.496. The molecule has 7 heteroatoms. The largest absolute Gasteiger partial charge is 0.259 e. The van der Waals surface area contributed by atoms with E-state index >= 15 is 0 Å². The van der Waals surface area contributed by atoms with Crippen molar-refractivity contribution in [1.29, 1.82) is 5.26 Å². The first-order valence-corrected chi connectivity index (χ1v) is 11.2. The number of rotatable bonds is 6. The third-order valence-electron chi connectivity index (χ3n) is 3.55. The van der Waals surface area contributed by atoms with Crippen molar-refractivity contribution in [3.63, 3.8) is 0 Å². The number of hydrogen-bond acceptors (Lipinski definition) is 6. The highest BCUT2D eigenvalue weighted by molar-refractivity contribution is 8.43. The minimum Gasteiger partial charge on any atom is -0.259 e. The van der Waals surface area contributed by atoms with Gasteiger partial charge in [0, 0.05) is 14.8 Å². The Morgan fingerprint density at radius 3 is 2.61 bits per heavy atom. The van der Waals surface area contributed by atoms with Gasteiger partial charge in [-0.15, -0.1) is 0 Å². The van der Waals surface area contributed by atoms with Crippen LogP contribution in [0.2, 0.25) is 5.02 Å². The van der Waals surface area contributed by atoms with Crippen molar-refractivity contribution in [3.05, 3.63) is 39.6 Å². The van der Waals surface area contributed by atoms with E-state index in [2.05, 4.69) is 24.7 Å². The molecule has 0 radical (unpaired) electrons. The Morgan fingerprint density at radius 2 is 2.00 bits per heavy atom. The molecule has 1 aliphatic heterocycles. The molecule has 0 fully saturated rings. The van der Waals surface area contributed by atoms with E-state index in [-0.39, 0.29) is 5.54 Å². The fourth-order valence-corrected chi connectivity index (χ4v) is 6.31. The lowest BCUT2D eigenvalue weighted by Crippen LogP contribution is -2.22. The van der Waals surface area contributed by atoms with E-state index in [1.54, 1.807) is 35.3 Å². The van der Waals surface area contributed by atoms with Gasteiger partial charge in [0.25, 0.3) is 0 Å². The van der Waals surface area contributed by atoms with Gasteiger partial charge >= 0.3 is 0 Å². The molecule has 0 saturated heterocycles. The Balaban J connectivity index is 2.12. The zero-order chi connectivity index (χ0) is 16.7. The van der Waals surface area contributed by atoms with Gasteiger partial charge in [-0.3, -0.25) is 4.99 Å². The molecule has 0 saturated carbocycles. The highest BCUT2D eigenvalue weighted by Crippen LogP contribution is 2.48. The average molecular weight is 401 g/mol. The monoisotopic (exact) mass is 400 g/mol. The van der Waals surface area contributed by atoms with Crippen LogP contribution in [0, 0.1) is 10.7 Å². The van der Waals surface area contributed by atoms with Crippen molar-refractivity contribution in [2.24, 2.45) is 4.99 Å². The molecule has 1 aromatic rings. The van der Waals surface area contributed by atoms with E-state index in [0.717, 1.165) is 27.3 Å². The summed E-state index contributed by atoms with van der Waals surface area (Å²) < 4.78 is 1.07. The molecule has 1 heterocycles. The van der Waals surface area contributed by atoms with Crippen molar-refractivity contribution in [2.75, 3.05) is 5.08 Å². The highest BCUT2D eigenvalue weighted by atomic mass is 35.5. The zero-order valence-electron chi connectivity index (χ0n) is 12.9. The van der Waals surface area contributed by atoms with E-state index in [4.69, 9.17) is 21.9 Å². The van der Waals surface area contributed by atoms with Crippen molar-refractivity contribution < 1.29 is 0 Å². The van der Waals surface area contributed by atoms with Crippen LogP contribution in [0.3, 0.4) is 0 Å². The molecule has 2 rings (SSSR count). The summed E-state index contributed by atoms with van der Waals surface area (Å²) in [7, 11) is 0. The summed E-state index contributed by atoms with van der Waals surface area (Å²) in [4.78, 5) is 7.42. The molecule has 0 aromatic heterocycles. The van der Waals surface area contributed by atoms with Crippen LogP contribution in [0.15, 0.2) is 44.5 Å². The van der Waals surface area contributed by atoms with Crippen LogP contribution in [-0.2, 0) is 0 Å². The molecule has 0 N–H and O–H groups in total. The third kappa shape index (κ3) is 5.14. The van der Waals surface area contributed by atoms with Gasteiger partial charge in [0.2, 0.25) is 0 Å². The van der Waals surface area contributed by atoms with Crippen LogP contribution in [0.25, 0.3) is 0 Å². The number of thioether (sulfide) groups is 4. The average Bonchev–Trinajstić information content (AvgIpc) is 2.93. The molecule has 1 aromatic carbocycles. The normalized spacial score (nSPS) is 18.0. The first-order chi connectivity index (χ1) is 11.1. The standard InChI is InChI=1S/C16H17ClN2S4/c1-3-16(4-2)14(23-15(19-16)22-11-20-10-18)9-21-13-7-5-12(17)6-8-13/h5-9H,3-4,11H2,1-2H3. The Bertz CT molecular complexity index is 630. The van der Waals surface area contributed by atoms with Crippen LogP contribution in [0.5, 0.6) is 0 Å². The Labute approximate surface area is 159 Å². The van der Waals surface area contributed by atoms with Gasteiger partial charge in [-0.2, -0.15) is 5.26 Å². The van der Waals surface area contributed by atoms with E-state index < -0.39 is 0 Å². The number of nitriles is 1. The van der Waals surface area contributed by atoms with Crippen LogP contribution in [-0.4, -0.2) is 15.0 Å². The summed E-state index contributed by atoms with van der Waals surface area (Å²) in [5.41, 5.74) is -0.107. The van der Waals surface area contributed by atoms with Gasteiger partial charge < -0.3 is 0 Å². The predicted octanol–water partition coefficient (Wildman–Crippen LogP) is 6.84. The van der Waals surface area contributed by atoms with E-state index in [1.165, 1.54) is 21.6 Å². The number of halogens is 1. The van der Waals surface area contributed by atoms with Crippen LogP contribution in [0.1, 0.15) is 26.7 Å². The summed E-state index contributed by atoms with van der Waals surface area (Å²) in [5.74, 6) is 0. The molecule has 23 heavy (non-hydrogen) atoms. The minimum atomic E-state index is -0.107. The quantitative estimate of drug-likeness (QED) is 0.226. The maximum atomic E-state index is 8.65. The maximum Gasteiger partial charge on any atom is 0.134 e. The maximum absolute atomic E-state index is 8.65. The molecule has 0 bridgehead atoms. The van der Waals surface area contributed by atoms with Crippen LogP contribution < -0.4 is 0 Å². The van der Waals surface area contributed by atoms with Gasteiger partial charge in [0.1, 0.15) is 9.78 Å². The lowest BCUT2D eigenvalue weighted by atomic mass is 9.94. The van der Waals surface area contributed by atoms with Crippen molar-refractivity contribution in [3.8, 4) is 5.40 Å². The Kier molecular flexibility index (Phi) is 7.77.